The molecule has 0 aliphatic carbocycles. The summed E-state index contributed by atoms with van der Waals surface area (Å²) in [5.74, 6) is 2.28. The Bertz CT molecular complexity index is 576. The summed E-state index contributed by atoms with van der Waals surface area (Å²) in [6.07, 6.45) is 1.85. The number of carbonyl (C=O) groups is 1. The molecule has 0 radical (unpaired) electrons. The fourth-order valence-electron chi connectivity index (χ4n) is 2.38. The maximum atomic E-state index is 10.9. The van der Waals surface area contributed by atoms with Crippen molar-refractivity contribution in [3.8, 4) is 11.5 Å². The second-order valence-electron chi connectivity index (χ2n) is 5.69. The van der Waals surface area contributed by atoms with Crippen molar-refractivity contribution in [2.45, 2.75) is 33.6 Å². The third-order valence-corrected chi connectivity index (χ3v) is 3.56. The van der Waals surface area contributed by atoms with Gasteiger partial charge in [0.2, 0.25) is 5.91 Å². The number of nitrogens with zero attached hydrogens (tertiary/aromatic N) is 1. The van der Waals surface area contributed by atoms with Gasteiger partial charge in [-0.1, -0.05) is 6.07 Å². The number of hydrogen-bond acceptors (Lipinski definition) is 4. The average Bonchev–Trinajstić information content (AvgIpc) is 2.62. The third kappa shape index (κ3) is 8.60. The van der Waals surface area contributed by atoms with Crippen molar-refractivity contribution in [1.29, 1.82) is 0 Å². The van der Waals surface area contributed by atoms with Gasteiger partial charge in [-0.15, -0.1) is 0 Å². The molecule has 0 heterocycles. The van der Waals surface area contributed by atoms with Crippen molar-refractivity contribution in [3.63, 3.8) is 0 Å². The predicted octanol–water partition coefficient (Wildman–Crippen LogP) is 1.72. The molecule has 1 rings (SSSR count). The minimum Gasteiger partial charge on any atom is -0.493 e. The lowest BCUT2D eigenvalue weighted by Gasteiger charge is -2.12. The van der Waals surface area contributed by atoms with Crippen molar-refractivity contribution < 1.29 is 14.3 Å². The number of carbonyl (C=O) groups excluding carboxylic acids is 1. The molecule has 0 aromatic heterocycles. The summed E-state index contributed by atoms with van der Waals surface area (Å²) in [5.41, 5.74) is 1.20. The number of benzene rings is 1. The largest absolute Gasteiger partial charge is 0.493 e. The summed E-state index contributed by atoms with van der Waals surface area (Å²) in [7, 11) is 1.65. The predicted molar refractivity (Wildman–Crippen MR) is 105 cm³/mol. The van der Waals surface area contributed by atoms with Crippen LogP contribution in [-0.2, 0) is 11.2 Å². The molecule has 0 aliphatic rings. The van der Waals surface area contributed by atoms with Gasteiger partial charge < -0.3 is 25.4 Å². The average molecular weight is 364 g/mol. The van der Waals surface area contributed by atoms with Crippen LogP contribution in [0.4, 0.5) is 0 Å². The van der Waals surface area contributed by atoms with Crippen LogP contribution in [-0.4, -0.2) is 51.8 Å². The van der Waals surface area contributed by atoms with Gasteiger partial charge in [-0.25, -0.2) is 0 Å². The molecule has 1 amide bonds. The number of rotatable bonds is 11. The van der Waals surface area contributed by atoms with Gasteiger partial charge in [-0.2, -0.15) is 0 Å². The molecule has 146 valence electrons. The minimum absolute atomic E-state index is 0.0281. The molecule has 0 atom stereocenters. The van der Waals surface area contributed by atoms with E-state index in [0.717, 1.165) is 36.8 Å². The molecular weight excluding hydrogens is 332 g/mol. The molecular formula is C19H32N4O3. The minimum atomic E-state index is -0.0281. The lowest BCUT2D eigenvalue weighted by molar-refractivity contribution is -0.118. The van der Waals surface area contributed by atoms with Gasteiger partial charge >= 0.3 is 0 Å². The number of hydrogen-bond donors (Lipinski definition) is 3. The number of nitrogens with one attached hydrogen (secondary N) is 3. The van der Waals surface area contributed by atoms with E-state index < -0.39 is 0 Å². The summed E-state index contributed by atoms with van der Waals surface area (Å²) in [6.45, 7) is 8.83. The molecule has 7 heteroatoms. The Morgan fingerprint density at radius 2 is 1.88 bits per heavy atom. The molecule has 7 nitrogen and oxygen atoms in total. The molecule has 0 bridgehead atoms. The smallest absolute Gasteiger partial charge is 0.216 e. The monoisotopic (exact) mass is 364 g/mol. The van der Waals surface area contributed by atoms with Crippen molar-refractivity contribution in [2.75, 3.05) is 39.9 Å². The fraction of sp³-hybridized carbons (Fsp3) is 0.579. The van der Waals surface area contributed by atoms with E-state index in [1.807, 2.05) is 26.0 Å². The molecule has 0 saturated carbocycles. The Morgan fingerprint density at radius 1 is 1.12 bits per heavy atom. The highest BCUT2D eigenvalue weighted by Crippen LogP contribution is 2.28. The topological polar surface area (TPSA) is 84.0 Å². The van der Waals surface area contributed by atoms with Crippen LogP contribution in [0.1, 0.15) is 32.8 Å². The van der Waals surface area contributed by atoms with Crippen LogP contribution in [0.2, 0.25) is 0 Å². The van der Waals surface area contributed by atoms with Gasteiger partial charge in [0.1, 0.15) is 0 Å². The quantitative estimate of drug-likeness (QED) is 0.316. The molecule has 1 aromatic rings. The van der Waals surface area contributed by atoms with E-state index in [4.69, 9.17) is 9.47 Å². The lowest BCUT2D eigenvalue weighted by Crippen LogP contribution is -2.41. The Hall–Kier alpha value is -2.44. The molecule has 1 aromatic carbocycles. The highest BCUT2D eigenvalue weighted by Gasteiger charge is 2.05. The van der Waals surface area contributed by atoms with E-state index in [9.17, 15) is 4.79 Å². The van der Waals surface area contributed by atoms with Crippen LogP contribution in [0.25, 0.3) is 0 Å². The molecule has 26 heavy (non-hydrogen) atoms. The third-order valence-electron chi connectivity index (χ3n) is 3.56. The molecule has 0 aliphatic heterocycles. The second-order valence-corrected chi connectivity index (χ2v) is 5.69. The molecule has 0 saturated heterocycles. The SMILES string of the molecule is CCNC(=NCCCc1ccc(OC)c(OCC)c1)NCCNC(C)=O. The zero-order valence-corrected chi connectivity index (χ0v) is 16.4. The van der Waals surface area contributed by atoms with Crippen LogP contribution in [0.3, 0.4) is 0 Å². The summed E-state index contributed by atoms with van der Waals surface area (Å²) in [4.78, 5) is 15.4. The first-order valence-electron chi connectivity index (χ1n) is 9.17. The summed E-state index contributed by atoms with van der Waals surface area (Å²) in [6, 6.07) is 6.03. The fourth-order valence-corrected chi connectivity index (χ4v) is 2.38. The Morgan fingerprint density at radius 3 is 2.54 bits per heavy atom. The zero-order valence-electron chi connectivity index (χ0n) is 16.4. The van der Waals surface area contributed by atoms with Crippen molar-refractivity contribution in [2.24, 2.45) is 4.99 Å². The van der Waals surface area contributed by atoms with E-state index in [0.29, 0.717) is 26.2 Å². The first-order valence-corrected chi connectivity index (χ1v) is 9.17. The van der Waals surface area contributed by atoms with E-state index in [-0.39, 0.29) is 5.91 Å². The van der Waals surface area contributed by atoms with E-state index in [1.165, 1.54) is 12.5 Å². The van der Waals surface area contributed by atoms with Gasteiger partial charge in [-0.3, -0.25) is 9.79 Å². The molecule has 0 unspecified atom stereocenters. The lowest BCUT2D eigenvalue weighted by atomic mass is 10.1. The van der Waals surface area contributed by atoms with Crippen molar-refractivity contribution in [3.05, 3.63) is 23.8 Å². The van der Waals surface area contributed by atoms with Crippen molar-refractivity contribution >= 4 is 11.9 Å². The zero-order chi connectivity index (χ0) is 19.2. The maximum absolute atomic E-state index is 10.9. The van der Waals surface area contributed by atoms with Gasteiger partial charge in [0.15, 0.2) is 17.5 Å². The van der Waals surface area contributed by atoms with Crippen LogP contribution in [0.5, 0.6) is 11.5 Å². The van der Waals surface area contributed by atoms with Crippen molar-refractivity contribution in [1.82, 2.24) is 16.0 Å². The van der Waals surface area contributed by atoms with Gasteiger partial charge in [0.05, 0.1) is 13.7 Å². The summed E-state index contributed by atoms with van der Waals surface area (Å²) < 4.78 is 10.9. The van der Waals surface area contributed by atoms with Gasteiger partial charge in [0, 0.05) is 33.1 Å². The Labute approximate surface area is 156 Å². The highest BCUT2D eigenvalue weighted by molar-refractivity contribution is 5.79. The summed E-state index contributed by atoms with van der Waals surface area (Å²) in [5, 5.41) is 9.15. The van der Waals surface area contributed by atoms with Crippen LogP contribution in [0, 0.1) is 0 Å². The molecule has 0 fully saturated rings. The normalized spacial score (nSPS) is 11.0. The maximum Gasteiger partial charge on any atom is 0.216 e. The van der Waals surface area contributed by atoms with Crippen LogP contribution in [0.15, 0.2) is 23.2 Å². The second kappa shape index (κ2) is 12.9. The first kappa shape index (κ1) is 21.6. The summed E-state index contributed by atoms with van der Waals surface area (Å²) >= 11 is 0. The standard InChI is InChI=1S/C19H32N4O3/c1-5-20-19(23-13-12-21-15(3)24)22-11-7-8-16-9-10-17(25-4)18(14-16)26-6-2/h9-10,14H,5-8,11-13H2,1-4H3,(H,21,24)(H2,20,22,23). The van der Waals surface area contributed by atoms with Crippen LogP contribution >= 0.6 is 0 Å². The number of guanidine groups is 1. The Balaban J connectivity index is 2.46. The number of ether oxygens (including phenoxy) is 2. The molecule has 3 N–H and O–H groups in total. The number of aliphatic imine (C=N–C) groups is 1. The Kier molecular flexibility index (Phi) is 10.7. The number of methoxy groups -OCH3 is 1. The number of aryl methyl sites for hydroxylation is 1. The number of amides is 1. The highest BCUT2D eigenvalue weighted by atomic mass is 16.5. The van der Waals surface area contributed by atoms with Crippen LogP contribution < -0.4 is 25.4 Å². The molecule has 0 spiro atoms. The first-order chi connectivity index (χ1) is 12.6. The van der Waals surface area contributed by atoms with Gasteiger partial charge in [0.25, 0.3) is 0 Å². The van der Waals surface area contributed by atoms with E-state index >= 15 is 0 Å². The van der Waals surface area contributed by atoms with E-state index in [1.54, 1.807) is 7.11 Å². The van der Waals surface area contributed by atoms with Gasteiger partial charge in [-0.05, 0) is 44.4 Å². The van der Waals surface area contributed by atoms with E-state index in [2.05, 4.69) is 27.0 Å².